The van der Waals surface area contributed by atoms with E-state index >= 15 is 0 Å². The first kappa shape index (κ1) is 7.35. The van der Waals surface area contributed by atoms with Crippen molar-refractivity contribution in [2.75, 3.05) is 11.5 Å². The molecule has 1 unspecified atom stereocenters. The van der Waals surface area contributed by atoms with E-state index in [2.05, 4.69) is 24.1 Å². The predicted octanol–water partition coefficient (Wildman–Crippen LogP) is 0.915. The van der Waals surface area contributed by atoms with Crippen molar-refractivity contribution in [1.29, 1.82) is 0 Å². The standard InChI is InChI=1S/C8H14N2S/c1-3-8-5-11-4-7(8)9-6(2)10-8/h7,9-10H,2-5H2,1H3/t7-,8?/m1/s1. The molecule has 0 saturated carbocycles. The molecule has 0 aromatic rings. The number of hydrogen-bond acceptors (Lipinski definition) is 3. The molecule has 0 aromatic heterocycles. The average molecular weight is 170 g/mol. The summed E-state index contributed by atoms with van der Waals surface area (Å²) in [5.74, 6) is 3.46. The fraction of sp³-hybridized carbons (Fsp3) is 0.750. The van der Waals surface area contributed by atoms with E-state index in [-0.39, 0.29) is 0 Å². The highest BCUT2D eigenvalue weighted by Gasteiger charge is 2.46. The summed E-state index contributed by atoms with van der Waals surface area (Å²) in [5.41, 5.74) is 0.321. The van der Waals surface area contributed by atoms with E-state index in [0.29, 0.717) is 11.6 Å². The number of rotatable bonds is 1. The molecule has 2 rings (SSSR count). The van der Waals surface area contributed by atoms with E-state index in [4.69, 9.17) is 0 Å². The highest BCUT2D eigenvalue weighted by atomic mass is 32.2. The first-order valence-corrected chi connectivity index (χ1v) is 5.24. The molecule has 0 aromatic carbocycles. The van der Waals surface area contributed by atoms with Gasteiger partial charge in [0, 0.05) is 11.5 Å². The second-order valence-corrected chi connectivity index (χ2v) is 4.36. The molecule has 2 saturated heterocycles. The Balaban J connectivity index is 2.21. The fourth-order valence-electron chi connectivity index (χ4n) is 1.91. The lowest BCUT2D eigenvalue weighted by Crippen LogP contribution is -2.47. The number of thioether (sulfide) groups is 1. The van der Waals surface area contributed by atoms with Crippen molar-refractivity contribution in [3.63, 3.8) is 0 Å². The quantitative estimate of drug-likeness (QED) is 0.612. The van der Waals surface area contributed by atoms with E-state index < -0.39 is 0 Å². The molecule has 0 spiro atoms. The Hall–Kier alpha value is -0.310. The van der Waals surface area contributed by atoms with Gasteiger partial charge in [-0.3, -0.25) is 0 Å². The van der Waals surface area contributed by atoms with Gasteiger partial charge in [-0.2, -0.15) is 11.8 Å². The van der Waals surface area contributed by atoms with Crippen LogP contribution in [0.4, 0.5) is 0 Å². The fourth-order valence-corrected chi connectivity index (χ4v) is 3.50. The highest BCUT2D eigenvalue weighted by Crippen LogP contribution is 2.35. The lowest BCUT2D eigenvalue weighted by molar-refractivity contribution is 0.389. The predicted molar refractivity (Wildman–Crippen MR) is 49.5 cm³/mol. The van der Waals surface area contributed by atoms with Crippen molar-refractivity contribution in [3.8, 4) is 0 Å². The van der Waals surface area contributed by atoms with Crippen molar-refractivity contribution in [1.82, 2.24) is 10.6 Å². The van der Waals surface area contributed by atoms with Gasteiger partial charge in [-0.05, 0) is 6.42 Å². The normalized spacial score (nSPS) is 41.5. The van der Waals surface area contributed by atoms with Crippen molar-refractivity contribution < 1.29 is 0 Å². The maximum Gasteiger partial charge on any atom is 0.0920 e. The SMILES string of the molecule is C=C1N[C@@H]2CSCC2(CC)N1. The molecule has 2 N–H and O–H groups in total. The molecular weight excluding hydrogens is 156 g/mol. The second kappa shape index (κ2) is 2.34. The van der Waals surface area contributed by atoms with Crippen molar-refractivity contribution in [2.24, 2.45) is 0 Å². The Kier molecular flexibility index (Phi) is 1.56. The van der Waals surface area contributed by atoms with Gasteiger partial charge in [0.15, 0.2) is 0 Å². The molecule has 2 aliphatic heterocycles. The molecule has 2 nitrogen and oxygen atoms in total. The van der Waals surface area contributed by atoms with Crippen LogP contribution < -0.4 is 10.6 Å². The summed E-state index contributed by atoms with van der Waals surface area (Å²) < 4.78 is 0. The molecular formula is C8H14N2S. The molecule has 2 fully saturated rings. The monoisotopic (exact) mass is 170 g/mol. The molecule has 2 aliphatic rings. The van der Waals surface area contributed by atoms with Gasteiger partial charge in [-0.1, -0.05) is 13.5 Å². The highest BCUT2D eigenvalue weighted by molar-refractivity contribution is 7.99. The van der Waals surface area contributed by atoms with Crippen molar-refractivity contribution in [2.45, 2.75) is 24.9 Å². The van der Waals surface area contributed by atoms with Crippen LogP contribution in [-0.2, 0) is 0 Å². The van der Waals surface area contributed by atoms with Crippen LogP contribution in [0.5, 0.6) is 0 Å². The summed E-state index contributed by atoms with van der Waals surface area (Å²) in [5, 5.41) is 6.83. The van der Waals surface area contributed by atoms with E-state index in [9.17, 15) is 0 Å². The Labute approximate surface area is 71.8 Å². The Morgan fingerprint density at radius 1 is 1.82 bits per heavy atom. The van der Waals surface area contributed by atoms with E-state index in [1.165, 1.54) is 17.9 Å². The molecule has 3 heteroatoms. The maximum atomic E-state index is 3.90. The molecule has 2 atom stereocenters. The number of hydrogen-bond donors (Lipinski definition) is 2. The Morgan fingerprint density at radius 2 is 2.64 bits per heavy atom. The van der Waals surface area contributed by atoms with Crippen LogP contribution >= 0.6 is 11.8 Å². The van der Waals surface area contributed by atoms with E-state index in [1.54, 1.807) is 0 Å². The van der Waals surface area contributed by atoms with Gasteiger partial charge in [-0.25, -0.2) is 0 Å². The summed E-state index contributed by atoms with van der Waals surface area (Å²) >= 11 is 2.03. The third-order valence-electron chi connectivity index (χ3n) is 2.69. The van der Waals surface area contributed by atoms with Gasteiger partial charge in [0.1, 0.15) is 0 Å². The molecule has 0 radical (unpaired) electrons. The zero-order valence-electron chi connectivity index (χ0n) is 6.81. The van der Waals surface area contributed by atoms with Crippen LogP contribution in [0, 0.1) is 0 Å². The minimum absolute atomic E-state index is 0.321. The molecule has 0 amide bonds. The van der Waals surface area contributed by atoms with Crippen LogP contribution in [0.3, 0.4) is 0 Å². The van der Waals surface area contributed by atoms with Gasteiger partial charge >= 0.3 is 0 Å². The molecule has 62 valence electrons. The first-order chi connectivity index (χ1) is 5.27. The second-order valence-electron chi connectivity index (χ2n) is 3.33. The van der Waals surface area contributed by atoms with Crippen LogP contribution in [0.25, 0.3) is 0 Å². The molecule has 11 heavy (non-hydrogen) atoms. The smallest absolute Gasteiger partial charge is 0.0920 e. The number of fused-ring (bicyclic) bond motifs is 1. The van der Waals surface area contributed by atoms with Gasteiger partial charge in [0.05, 0.1) is 17.4 Å². The van der Waals surface area contributed by atoms with E-state index in [1.807, 2.05) is 11.8 Å². The molecule has 2 heterocycles. The van der Waals surface area contributed by atoms with Crippen molar-refractivity contribution in [3.05, 3.63) is 12.4 Å². The lowest BCUT2D eigenvalue weighted by Gasteiger charge is -2.25. The van der Waals surface area contributed by atoms with Gasteiger partial charge < -0.3 is 10.6 Å². The zero-order valence-corrected chi connectivity index (χ0v) is 7.63. The minimum atomic E-state index is 0.321. The van der Waals surface area contributed by atoms with Crippen LogP contribution in [0.1, 0.15) is 13.3 Å². The molecule has 0 bridgehead atoms. The summed E-state index contributed by atoms with van der Waals surface area (Å²) in [6.07, 6.45) is 1.19. The Bertz CT molecular complexity index is 193. The summed E-state index contributed by atoms with van der Waals surface area (Å²) in [6, 6.07) is 0.616. The van der Waals surface area contributed by atoms with Gasteiger partial charge in [0.2, 0.25) is 0 Å². The maximum absolute atomic E-state index is 3.90. The van der Waals surface area contributed by atoms with Gasteiger partial charge in [-0.15, -0.1) is 0 Å². The third-order valence-corrected chi connectivity index (χ3v) is 3.98. The zero-order chi connectivity index (χ0) is 7.90. The first-order valence-electron chi connectivity index (χ1n) is 4.08. The third kappa shape index (κ3) is 0.940. The number of nitrogens with one attached hydrogen (secondary N) is 2. The minimum Gasteiger partial charge on any atom is -0.366 e. The Morgan fingerprint density at radius 3 is 3.27 bits per heavy atom. The summed E-state index contributed by atoms with van der Waals surface area (Å²) in [7, 11) is 0. The largest absolute Gasteiger partial charge is 0.366 e. The van der Waals surface area contributed by atoms with Crippen LogP contribution in [0.2, 0.25) is 0 Å². The molecule has 0 aliphatic carbocycles. The summed E-state index contributed by atoms with van der Waals surface area (Å²) in [4.78, 5) is 0. The topological polar surface area (TPSA) is 24.1 Å². The average Bonchev–Trinajstić information content (AvgIpc) is 2.43. The van der Waals surface area contributed by atoms with E-state index in [0.717, 1.165) is 5.82 Å². The lowest BCUT2D eigenvalue weighted by atomic mass is 9.93. The van der Waals surface area contributed by atoms with Crippen LogP contribution in [0.15, 0.2) is 12.4 Å². The van der Waals surface area contributed by atoms with Crippen LogP contribution in [-0.4, -0.2) is 23.1 Å². The van der Waals surface area contributed by atoms with Gasteiger partial charge in [0.25, 0.3) is 0 Å². The van der Waals surface area contributed by atoms with Crippen molar-refractivity contribution >= 4 is 11.8 Å². The summed E-state index contributed by atoms with van der Waals surface area (Å²) in [6.45, 7) is 6.14.